The molecule has 0 aromatic heterocycles. The van der Waals surface area contributed by atoms with E-state index >= 15 is 0 Å². The quantitative estimate of drug-likeness (QED) is 0.330. The van der Waals surface area contributed by atoms with E-state index in [0.29, 0.717) is 23.7 Å². The second-order valence-corrected chi connectivity index (χ2v) is 9.57. The van der Waals surface area contributed by atoms with Gasteiger partial charge in [-0.3, -0.25) is 4.79 Å². The number of benzene rings is 1. The van der Waals surface area contributed by atoms with Crippen molar-refractivity contribution in [3.63, 3.8) is 0 Å². The molecule has 0 saturated heterocycles. The van der Waals surface area contributed by atoms with Crippen LogP contribution in [0.1, 0.15) is 117 Å². The molecule has 0 bridgehead atoms. The maximum atomic E-state index is 13.3. The van der Waals surface area contributed by atoms with Gasteiger partial charge in [0.15, 0.2) is 0 Å². The first-order valence-electron chi connectivity index (χ1n) is 12.9. The number of rotatable bonds is 7. The Labute approximate surface area is 186 Å². The predicted octanol–water partition coefficient (Wildman–Crippen LogP) is 8.54. The number of carbonyl (C=O) groups excluding carboxylic acids is 1. The molecule has 2 aliphatic carbocycles. The lowest BCUT2D eigenvalue weighted by atomic mass is 9.69. The molecule has 30 heavy (non-hydrogen) atoms. The Morgan fingerprint density at radius 1 is 0.867 bits per heavy atom. The Morgan fingerprint density at radius 3 is 1.73 bits per heavy atom. The predicted molar refractivity (Wildman–Crippen MR) is 128 cm³/mol. The molecule has 0 N–H and O–H groups in total. The second kappa shape index (κ2) is 13.2. The molecule has 1 aromatic carbocycles. The highest BCUT2D eigenvalue weighted by Gasteiger charge is 2.37. The van der Waals surface area contributed by atoms with Crippen LogP contribution in [0.5, 0.6) is 5.75 Å². The zero-order chi connectivity index (χ0) is 21.9. The molecule has 0 amide bonds. The highest BCUT2D eigenvalue weighted by atomic mass is 16.5. The van der Waals surface area contributed by atoms with Crippen molar-refractivity contribution >= 4 is 5.97 Å². The molecule has 0 spiro atoms. The summed E-state index contributed by atoms with van der Waals surface area (Å²) in [5, 5.41) is 0. The van der Waals surface area contributed by atoms with Gasteiger partial charge in [0.25, 0.3) is 0 Å². The minimum Gasteiger partial charge on any atom is -0.426 e. The third-order valence-corrected chi connectivity index (χ3v) is 7.36. The third-order valence-electron chi connectivity index (χ3n) is 7.36. The number of esters is 1. The van der Waals surface area contributed by atoms with Gasteiger partial charge in [-0.1, -0.05) is 85.3 Å². The molecule has 3 rings (SSSR count). The smallest absolute Gasteiger partial charge is 0.314 e. The lowest BCUT2D eigenvalue weighted by molar-refractivity contribution is -0.144. The molecule has 0 radical (unpaired) electrons. The molecule has 2 fully saturated rings. The lowest BCUT2D eigenvalue weighted by Gasteiger charge is -2.36. The normalized spacial score (nSPS) is 19.3. The van der Waals surface area contributed by atoms with Crippen LogP contribution in [0.25, 0.3) is 0 Å². The van der Waals surface area contributed by atoms with Gasteiger partial charge in [-0.05, 0) is 73.5 Å². The monoisotopic (exact) mass is 414 g/mol. The van der Waals surface area contributed by atoms with Gasteiger partial charge in [0.05, 0.1) is 5.92 Å². The lowest BCUT2D eigenvalue weighted by Crippen LogP contribution is -2.36. The Kier molecular flexibility index (Phi) is 11.0. The summed E-state index contributed by atoms with van der Waals surface area (Å²) in [7, 11) is 0. The first kappa shape index (κ1) is 25.0. The number of hydrogen-bond donors (Lipinski definition) is 0. The van der Waals surface area contributed by atoms with Crippen LogP contribution in [0.2, 0.25) is 0 Å². The van der Waals surface area contributed by atoms with Crippen molar-refractivity contribution in [3.8, 4) is 5.75 Å². The summed E-state index contributed by atoms with van der Waals surface area (Å²) >= 11 is 0. The summed E-state index contributed by atoms with van der Waals surface area (Å²) in [5.41, 5.74) is 1.36. The molecule has 2 aliphatic rings. The Bertz CT molecular complexity index is 574. The van der Waals surface area contributed by atoms with Crippen molar-refractivity contribution in [1.82, 2.24) is 0 Å². The van der Waals surface area contributed by atoms with Gasteiger partial charge in [-0.15, -0.1) is 0 Å². The Morgan fingerprint density at radius 2 is 1.33 bits per heavy atom. The van der Waals surface area contributed by atoms with E-state index in [2.05, 4.69) is 32.9 Å². The first-order chi connectivity index (χ1) is 14.6. The standard InChI is InChI=1S/C26H40O2.C2H6/c1-4-24(19(2)3)20-15-17-23(18-16-20)28-26(27)25(21-11-7-5-8-12-21)22-13-9-6-10-14-22;1-2/h15-19,21-22,24-25H,4-14H2,1-3H3;1-2H3. The van der Waals surface area contributed by atoms with Crippen molar-refractivity contribution in [1.29, 1.82) is 0 Å². The van der Waals surface area contributed by atoms with E-state index in [1.54, 1.807) is 0 Å². The van der Waals surface area contributed by atoms with E-state index in [9.17, 15) is 4.79 Å². The number of ether oxygens (including phenoxy) is 1. The number of hydrogen-bond acceptors (Lipinski definition) is 2. The van der Waals surface area contributed by atoms with Crippen LogP contribution < -0.4 is 4.74 Å². The third kappa shape index (κ3) is 6.86. The molecular weight excluding hydrogens is 368 g/mol. The molecule has 1 aromatic rings. The van der Waals surface area contributed by atoms with Gasteiger partial charge < -0.3 is 4.74 Å². The zero-order valence-electron chi connectivity index (χ0n) is 20.3. The van der Waals surface area contributed by atoms with Crippen LogP contribution >= 0.6 is 0 Å². The highest BCUT2D eigenvalue weighted by Crippen LogP contribution is 2.41. The fourth-order valence-electron chi connectivity index (χ4n) is 5.82. The van der Waals surface area contributed by atoms with Crippen LogP contribution in [0.15, 0.2) is 24.3 Å². The van der Waals surface area contributed by atoms with E-state index in [-0.39, 0.29) is 11.9 Å². The molecule has 0 heterocycles. The summed E-state index contributed by atoms with van der Waals surface area (Å²) in [5.74, 6) is 3.15. The van der Waals surface area contributed by atoms with E-state index in [1.807, 2.05) is 26.0 Å². The fourth-order valence-corrected chi connectivity index (χ4v) is 5.82. The van der Waals surface area contributed by atoms with Gasteiger partial charge in [0.2, 0.25) is 0 Å². The van der Waals surface area contributed by atoms with E-state index in [4.69, 9.17) is 4.74 Å². The molecule has 2 nitrogen and oxygen atoms in total. The largest absolute Gasteiger partial charge is 0.426 e. The molecule has 1 unspecified atom stereocenters. The Hall–Kier alpha value is -1.31. The van der Waals surface area contributed by atoms with Crippen LogP contribution in [-0.4, -0.2) is 5.97 Å². The SMILES string of the molecule is CC.CCC(c1ccc(OC(=O)C(C2CCCCC2)C2CCCCC2)cc1)C(C)C. The summed E-state index contributed by atoms with van der Waals surface area (Å²) < 4.78 is 5.97. The number of carbonyl (C=O) groups is 1. The average molecular weight is 415 g/mol. The summed E-state index contributed by atoms with van der Waals surface area (Å²) in [6, 6.07) is 8.34. The topological polar surface area (TPSA) is 26.3 Å². The van der Waals surface area contributed by atoms with Crippen molar-refractivity contribution < 1.29 is 9.53 Å². The first-order valence-corrected chi connectivity index (χ1v) is 12.9. The molecule has 2 heteroatoms. The Balaban J connectivity index is 0.00000155. The van der Waals surface area contributed by atoms with Gasteiger partial charge in [-0.2, -0.15) is 0 Å². The summed E-state index contributed by atoms with van der Waals surface area (Å²) in [6.07, 6.45) is 13.8. The van der Waals surface area contributed by atoms with Crippen molar-refractivity contribution in [2.75, 3.05) is 0 Å². The van der Waals surface area contributed by atoms with Crippen LogP contribution in [-0.2, 0) is 4.79 Å². The fraction of sp³-hybridized carbons (Fsp3) is 0.750. The average Bonchev–Trinajstić information content (AvgIpc) is 2.78. The molecule has 0 aliphatic heterocycles. The van der Waals surface area contributed by atoms with Crippen molar-refractivity contribution in [2.24, 2.45) is 23.7 Å². The van der Waals surface area contributed by atoms with Gasteiger partial charge in [-0.25, -0.2) is 0 Å². The van der Waals surface area contributed by atoms with Crippen LogP contribution in [0.4, 0.5) is 0 Å². The van der Waals surface area contributed by atoms with Gasteiger partial charge >= 0.3 is 5.97 Å². The maximum absolute atomic E-state index is 13.3. The summed E-state index contributed by atoms with van der Waals surface area (Å²) in [6.45, 7) is 10.8. The van der Waals surface area contributed by atoms with Gasteiger partial charge in [0, 0.05) is 0 Å². The molecular formula is C28H46O2. The van der Waals surface area contributed by atoms with Crippen LogP contribution in [0, 0.1) is 23.7 Å². The minimum atomic E-state index is 0.0439. The van der Waals surface area contributed by atoms with Gasteiger partial charge in [0.1, 0.15) is 5.75 Å². The minimum absolute atomic E-state index is 0.0439. The maximum Gasteiger partial charge on any atom is 0.314 e. The second-order valence-electron chi connectivity index (χ2n) is 9.57. The van der Waals surface area contributed by atoms with Crippen LogP contribution in [0.3, 0.4) is 0 Å². The van der Waals surface area contributed by atoms with E-state index < -0.39 is 0 Å². The highest BCUT2D eigenvalue weighted by molar-refractivity contribution is 5.76. The molecule has 2 saturated carbocycles. The molecule has 1 atom stereocenters. The summed E-state index contributed by atoms with van der Waals surface area (Å²) in [4.78, 5) is 13.3. The van der Waals surface area contributed by atoms with Crippen molar-refractivity contribution in [3.05, 3.63) is 29.8 Å². The van der Waals surface area contributed by atoms with E-state index in [1.165, 1.54) is 69.8 Å². The van der Waals surface area contributed by atoms with E-state index in [0.717, 1.165) is 12.2 Å². The van der Waals surface area contributed by atoms with Crippen molar-refractivity contribution in [2.45, 2.75) is 111 Å². The zero-order valence-corrected chi connectivity index (χ0v) is 20.3. The molecule has 170 valence electrons.